The molecule has 0 heterocycles. The van der Waals surface area contributed by atoms with E-state index < -0.39 is 12.1 Å². The molecule has 0 saturated carbocycles. The molecule has 2 atom stereocenters. The Kier molecular flexibility index (Phi) is 53.9. The summed E-state index contributed by atoms with van der Waals surface area (Å²) in [4.78, 5) is 12.4. The van der Waals surface area contributed by atoms with Crippen LogP contribution in [-0.2, 0) is 4.79 Å². The Morgan fingerprint density at radius 1 is 0.373 bits per heavy atom. The van der Waals surface area contributed by atoms with Crippen molar-refractivity contribution in [2.24, 2.45) is 0 Å². The van der Waals surface area contributed by atoms with Crippen LogP contribution in [0.5, 0.6) is 0 Å². The van der Waals surface area contributed by atoms with E-state index in [0.717, 1.165) is 89.9 Å². The maximum Gasteiger partial charge on any atom is 0.220 e. The van der Waals surface area contributed by atoms with Crippen LogP contribution in [0.15, 0.2) is 134 Å². The first-order chi connectivity index (χ1) is 33.2. The Morgan fingerprint density at radius 2 is 0.672 bits per heavy atom. The molecule has 0 aromatic carbocycles. The van der Waals surface area contributed by atoms with Gasteiger partial charge >= 0.3 is 0 Å². The van der Waals surface area contributed by atoms with Gasteiger partial charge in [0.05, 0.1) is 18.8 Å². The fourth-order valence-corrected chi connectivity index (χ4v) is 7.64. The van der Waals surface area contributed by atoms with Crippen molar-refractivity contribution in [2.45, 2.75) is 251 Å². The summed E-state index contributed by atoms with van der Waals surface area (Å²) < 4.78 is 0. The van der Waals surface area contributed by atoms with Gasteiger partial charge in [0.2, 0.25) is 5.91 Å². The second-order valence-electron chi connectivity index (χ2n) is 18.2. The lowest BCUT2D eigenvalue weighted by atomic mass is 10.0. The lowest BCUT2D eigenvalue weighted by molar-refractivity contribution is -0.123. The van der Waals surface area contributed by atoms with Crippen LogP contribution in [-0.4, -0.2) is 34.9 Å². The average Bonchev–Trinajstić information content (AvgIpc) is 3.33. The number of carbonyl (C=O) groups excluding carboxylic acids is 1. The summed E-state index contributed by atoms with van der Waals surface area (Å²) in [6.45, 7) is 4.16. The van der Waals surface area contributed by atoms with Gasteiger partial charge in [-0.25, -0.2) is 0 Å². The van der Waals surface area contributed by atoms with Gasteiger partial charge in [-0.3, -0.25) is 4.79 Å². The molecule has 0 radical (unpaired) electrons. The second kappa shape index (κ2) is 56.9. The monoisotopic (exact) mass is 924 g/mol. The van der Waals surface area contributed by atoms with Crippen molar-refractivity contribution in [2.75, 3.05) is 6.61 Å². The summed E-state index contributed by atoms with van der Waals surface area (Å²) in [7, 11) is 0. The molecule has 0 bridgehead atoms. The minimum absolute atomic E-state index is 0.0837. The van der Waals surface area contributed by atoms with Crippen LogP contribution in [0.3, 0.4) is 0 Å². The molecule has 1 amide bonds. The van der Waals surface area contributed by atoms with Gasteiger partial charge in [0.15, 0.2) is 0 Å². The first-order valence-corrected chi connectivity index (χ1v) is 27.9. The molecule has 4 nitrogen and oxygen atoms in total. The summed E-state index contributed by atoms with van der Waals surface area (Å²) >= 11 is 0. The molecular formula is C63H105NO3. The summed E-state index contributed by atoms with van der Waals surface area (Å²) in [6.07, 6.45) is 88.9. The van der Waals surface area contributed by atoms with Gasteiger partial charge < -0.3 is 15.5 Å². The molecule has 3 N–H and O–H groups in total. The molecule has 67 heavy (non-hydrogen) atoms. The van der Waals surface area contributed by atoms with Gasteiger partial charge in [0.25, 0.3) is 0 Å². The zero-order chi connectivity index (χ0) is 48.5. The van der Waals surface area contributed by atoms with Gasteiger partial charge in [0, 0.05) is 6.42 Å². The first-order valence-electron chi connectivity index (χ1n) is 27.9. The zero-order valence-electron chi connectivity index (χ0n) is 43.6. The van der Waals surface area contributed by atoms with E-state index in [-0.39, 0.29) is 12.5 Å². The van der Waals surface area contributed by atoms with Crippen LogP contribution in [0.1, 0.15) is 239 Å². The first kappa shape index (κ1) is 63.5. The van der Waals surface area contributed by atoms with E-state index in [0.29, 0.717) is 6.42 Å². The van der Waals surface area contributed by atoms with Crippen LogP contribution in [0, 0.1) is 0 Å². The number of amides is 1. The number of allylic oxidation sites excluding steroid dienone is 21. The SMILES string of the molecule is CC/C=C\C/C=C\C/C=C\C/C=C\C/C=C\C/C=C\C/C=C\C/C=C\CCCCCCCCCCCCCCCCC(=O)NC(CO)C(O)/C=C/CC/C=C/CC/C=C/CCCCCCCC. The van der Waals surface area contributed by atoms with Crippen molar-refractivity contribution in [1.29, 1.82) is 0 Å². The van der Waals surface area contributed by atoms with Crippen LogP contribution in [0.2, 0.25) is 0 Å². The predicted octanol–water partition coefficient (Wildman–Crippen LogP) is 18.6. The van der Waals surface area contributed by atoms with Crippen LogP contribution >= 0.6 is 0 Å². The molecule has 4 heteroatoms. The van der Waals surface area contributed by atoms with Gasteiger partial charge in [-0.2, -0.15) is 0 Å². The summed E-state index contributed by atoms with van der Waals surface area (Å²) in [5, 5.41) is 23.1. The largest absolute Gasteiger partial charge is 0.394 e. The van der Waals surface area contributed by atoms with E-state index >= 15 is 0 Å². The minimum Gasteiger partial charge on any atom is -0.394 e. The van der Waals surface area contributed by atoms with Crippen molar-refractivity contribution in [1.82, 2.24) is 5.32 Å². The minimum atomic E-state index is -0.877. The number of aliphatic hydroxyl groups excluding tert-OH is 2. The molecule has 380 valence electrons. The van der Waals surface area contributed by atoms with Crippen molar-refractivity contribution in [3.05, 3.63) is 134 Å². The Bertz CT molecular complexity index is 1370. The Labute approximate surface area is 415 Å². The van der Waals surface area contributed by atoms with Crippen LogP contribution < -0.4 is 5.32 Å². The molecule has 0 aliphatic heterocycles. The lowest BCUT2D eigenvalue weighted by Crippen LogP contribution is -2.45. The molecule has 0 aliphatic carbocycles. The number of rotatable bonds is 49. The summed E-state index contributed by atoms with van der Waals surface area (Å²) in [5.41, 5.74) is 0. The summed E-state index contributed by atoms with van der Waals surface area (Å²) in [5.74, 6) is -0.0837. The number of carbonyl (C=O) groups is 1. The molecule has 0 aromatic heterocycles. The van der Waals surface area contributed by atoms with E-state index in [1.807, 2.05) is 6.08 Å². The fraction of sp³-hybridized carbons (Fsp3) is 0.635. The van der Waals surface area contributed by atoms with E-state index in [4.69, 9.17) is 0 Å². The third kappa shape index (κ3) is 53.4. The highest BCUT2D eigenvalue weighted by atomic mass is 16.3. The van der Waals surface area contributed by atoms with Crippen molar-refractivity contribution in [3.8, 4) is 0 Å². The smallest absolute Gasteiger partial charge is 0.220 e. The molecule has 0 spiro atoms. The average molecular weight is 925 g/mol. The topological polar surface area (TPSA) is 69.6 Å². The predicted molar refractivity (Wildman–Crippen MR) is 299 cm³/mol. The second-order valence-corrected chi connectivity index (χ2v) is 18.2. The fourth-order valence-electron chi connectivity index (χ4n) is 7.64. The highest BCUT2D eigenvalue weighted by molar-refractivity contribution is 5.76. The lowest BCUT2D eigenvalue weighted by Gasteiger charge is -2.19. The third-order valence-electron chi connectivity index (χ3n) is 11.8. The maximum atomic E-state index is 12.4. The van der Waals surface area contributed by atoms with E-state index in [2.05, 4.69) is 141 Å². The number of hydrogen-bond donors (Lipinski definition) is 3. The van der Waals surface area contributed by atoms with Crippen molar-refractivity contribution < 1.29 is 15.0 Å². The molecule has 2 unspecified atom stereocenters. The van der Waals surface area contributed by atoms with Gasteiger partial charge in [-0.15, -0.1) is 0 Å². The van der Waals surface area contributed by atoms with Crippen molar-refractivity contribution in [3.63, 3.8) is 0 Å². The summed E-state index contributed by atoms with van der Waals surface area (Å²) in [6, 6.07) is -0.653. The Morgan fingerprint density at radius 3 is 1.04 bits per heavy atom. The van der Waals surface area contributed by atoms with Crippen LogP contribution in [0.4, 0.5) is 0 Å². The van der Waals surface area contributed by atoms with Gasteiger partial charge in [-0.1, -0.05) is 257 Å². The van der Waals surface area contributed by atoms with Crippen LogP contribution in [0.25, 0.3) is 0 Å². The molecule has 0 rings (SSSR count). The number of aliphatic hydroxyl groups is 2. The molecule has 0 aliphatic rings. The highest BCUT2D eigenvalue weighted by Crippen LogP contribution is 2.15. The van der Waals surface area contributed by atoms with E-state index in [1.165, 1.54) is 128 Å². The Hall–Kier alpha value is -3.47. The third-order valence-corrected chi connectivity index (χ3v) is 11.8. The van der Waals surface area contributed by atoms with E-state index in [9.17, 15) is 15.0 Å². The standard InChI is InChI=1S/C63H105NO3/c1-3-5-7-9-11-13-15-17-19-21-22-23-24-25-26-27-28-29-30-31-32-33-34-35-36-37-38-39-40-41-42-43-45-47-49-51-53-55-57-59-63(67)64-61(60-65)62(66)58-56-54-52-50-48-46-44-20-18-16-14-12-10-8-6-4-2/h5,7,11,13,17-20,22-23,25-26,28-29,31-32,34-35,48,50,56,58,61-62,65-66H,3-4,6,8-10,12,14-16,21,24,27,30,33,36-47,49,51-55,57,59-60H2,1-2H3,(H,64,67)/b7-5-,13-11-,19-17-,20-18+,23-22-,26-25-,29-28-,32-31-,35-34-,50-48+,58-56+. The molecule has 0 aromatic rings. The Balaban J connectivity index is 3.59. The molecular weight excluding hydrogens is 819 g/mol. The van der Waals surface area contributed by atoms with Crippen molar-refractivity contribution >= 4 is 5.91 Å². The molecule has 0 fully saturated rings. The quantitative estimate of drug-likeness (QED) is 0.0421. The maximum absolute atomic E-state index is 12.4. The number of hydrogen-bond acceptors (Lipinski definition) is 3. The van der Waals surface area contributed by atoms with Gasteiger partial charge in [0.1, 0.15) is 0 Å². The van der Waals surface area contributed by atoms with Gasteiger partial charge in [-0.05, 0) is 109 Å². The van der Waals surface area contributed by atoms with E-state index in [1.54, 1.807) is 6.08 Å². The zero-order valence-corrected chi connectivity index (χ0v) is 43.6. The molecule has 0 saturated heterocycles. The highest BCUT2D eigenvalue weighted by Gasteiger charge is 2.17. The number of nitrogens with one attached hydrogen (secondary N) is 1. The number of unbranched alkanes of at least 4 members (excludes halogenated alkanes) is 22. The normalized spacial score (nSPS) is 13.9.